The van der Waals surface area contributed by atoms with Gasteiger partial charge in [-0.2, -0.15) is 5.10 Å². The van der Waals surface area contributed by atoms with Crippen LogP contribution in [0.2, 0.25) is 0 Å². The molecule has 1 aliphatic rings. The molecule has 0 bridgehead atoms. The molecule has 1 aliphatic carbocycles. The molecule has 1 amide bonds. The molecule has 1 fully saturated rings. The number of carbonyl (C=O) groups excluding carboxylic acids is 2. The number of carbonyl (C=O) groups is 2. The van der Waals surface area contributed by atoms with E-state index in [1.807, 2.05) is 43.3 Å². The summed E-state index contributed by atoms with van der Waals surface area (Å²) in [5.41, 5.74) is 5.31. The fourth-order valence-corrected chi connectivity index (χ4v) is 5.48. The largest absolute Gasteiger partial charge is 0.378 e. The first-order valence-corrected chi connectivity index (χ1v) is 16.0. The number of aliphatic hydroxyl groups excluding tert-OH is 1. The predicted molar refractivity (Wildman–Crippen MR) is 176 cm³/mol. The van der Waals surface area contributed by atoms with Gasteiger partial charge >= 0.3 is 5.69 Å². The van der Waals surface area contributed by atoms with Crippen LogP contribution < -0.4 is 11.0 Å². The lowest BCUT2D eigenvalue weighted by atomic mass is 9.88. The maximum Gasteiger partial charge on any atom is 0.346 e. The van der Waals surface area contributed by atoms with E-state index in [1.54, 1.807) is 16.7 Å². The van der Waals surface area contributed by atoms with Gasteiger partial charge in [-0.25, -0.2) is 9.48 Å². The smallest absolute Gasteiger partial charge is 0.346 e. The van der Waals surface area contributed by atoms with E-state index in [1.165, 1.54) is 10.2 Å². The fourth-order valence-electron chi connectivity index (χ4n) is 5.48. The molecule has 1 atom stereocenters. The van der Waals surface area contributed by atoms with Crippen molar-refractivity contribution in [1.29, 1.82) is 0 Å². The van der Waals surface area contributed by atoms with Crippen LogP contribution in [-0.2, 0) is 30.7 Å². The molecule has 5 rings (SSSR count). The molecule has 0 radical (unpaired) electrons. The first-order chi connectivity index (χ1) is 21.5. The number of Topliss-reactive ketones (excluding diaryl/α,β-unsaturated/α-hetero) is 1. The minimum atomic E-state index is -1.15. The number of nitrogens with one attached hydrogen (secondary N) is 1. The fraction of sp³-hybridized carbons (Fsp3) is 0.405. The first kappa shape index (κ1) is 32.1. The summed E-state index contributed by atoms with van der Waals surface area (Å²) in [6.07, 6.45) is 3.71. The maximum absolute atomic E-state index is 13.1. The van der Waals surface area contributed by atoms with Crippen molar-refractivity contribution in [3.05, 3.63) is 111 Å². The number of amides is 1. The standard InChI is InChI=1S/C37H44N4O4/c1-5-40-33(39-41(36(40)45)24-26-11-15-29(16-12-26)32(42)23-37(2,3)4)8-6-7-25-9-13-27(14-10-25)28-17-19-30(20-18-28)34(43)35(44)38-31-21-22-31/h9-20,31,34,43H,5-8,21-24H2,1-4H3,(H,38,44). The van der Waals surface area contributed by atoms with Crippen LogP contribution in [0.3, 0.4) is 0 Å². The molecule has 8 heteroatoms. The van der Waals surface area contributed by atoms with Gasteiger partial charge in [0, 0.05) is 31.0 Å². The maximum atomic E-state index is 13.1. The topological polar surface area (TPSA) is 106 Å². The van der Waals surface area contributed by atoms with E-state index in [0.717, 1.165) is 48.2 Å². The van der Waals surface area contributed by atoms with Crippen molar-refractivity contribution < 1.29 is 14.7 Å². The summed E-state index contributed by atoms with van der Waals surface area (Å²) in [6, 6.07) is 23.6. The van der Waals surface area contributed by atoms with E-state index in [9.17, 15) is 19.5 Å². The summed E-state index contributed by atoms with van der Waals surface area (Å²) in [5, 5.41) is 17.9. The molecular weight excluding hydrogens is 564 g/mol. The highest BCUT2D eigenvalue weighted by Crippen LogP contribution is 2.25. The summed E-state index contributed by atoms with van der Waals surface area (Å²) in [7, 11) is 0. The number of rotatable bonds is 13. The third-order valence-electron chi connectivity index (χ3n) is 8.17. The Kier molecular flexibility index (Phi) is 9.83. The summed E-state index contributed by atoms with van der Waals surface area (Å²) in [4.78, 5) is 37.8. The lowest BCUT2D eigenvalue weighted by molar-refractivity contribution is -0.129. The van der Waals surface area contributed by atoms with Crippen LogP contribution in [0, 0.1) is 5.41 Å². The second-order valence-corrected chi connectivity index (χ2v) is 13.3. The summed E-state index contributed by atoms with van der Waals surface area (Å²) in [6.45, 7) is 9.05. The van der Waals surface area contributed by atoms with Gasteiger partial charge in [-0.05, 0) is 65.8 Å². The molecule has 8 nitrogen and oxygen atoms in total. The van der Waals surface area contributed by atoms with E-state index in [4.69, 9.17) is 0 Å². The van der Waals surface area contributed by atoms with E-state index in [0.29, 0.717) is 37.1 Å². The van der Waals surface area contributed by atoms with Gasteiger partial charge in [-0.1, -0.05) is 93.6 Å². The van der Waals surface area contributed by atoms with Crippen molar-refractivity contribution in [1.82, 2.24) is 19.7 Å². The Bertz CT molecular complexity index is 1670. The molecule has 1 saturated carbocycles. The van der Waals surface area contributed by atoms with E-state index < -0.39 is 6.10 Å². The van der Waals surface area contributed by atoms with E-state index in [-0.39, 0.29) is 28.8 Å². The van der Waals surface area contributed by atoms with Gasteiger partial charge in [0.1, 0.15) is 5.82 Å². The predicted octanol–water partition coefficient (Wildman–Crippen LogP) is 5.89. The Hall–Kier alpha value is -4.30. The number of aliphatic hydroxyl groups is 1. The Balaban J connectivity index is 1.15. The van der Waals surface area contributed by atoms with E-state index >= 15 is 0 Å². The van der Waals surface area contributed by atoms with E-state index in [2.05, 4.69) is 55.5 Å². The number of aromatic nitrogens is 3. The van der Waals surface area contributed by atoms with Crippen molar-refractivity contribution in [2.45, 2.75) is 91.5 Å². The molecule has 4 aromatic rings. The second kappa shape index (κ2) is 13.8. The zero-order chi connectivity index (χ0) is 32.1. The number of hydrogen-bond donors (Lipinski definition) is 2. The van der Waals surface area contributed by atoms with Crippen LogP contribution in [0.25, 0.3) is 11.1 Å². The van der Waals surface area contributed by atoms with Crippen molar-refractivity contribution in [3.63, 3.8) is 0 Å². The van der Waals surface area contributed by atoms with Crippen LogP contribution in [-0.4, -0.2) is 37.2 Å². The molecule has 0 saturated heterocycles. The van der Waals surface area contributed by atoms with Crippen molar-refractivity contribution in [2.24, 2.45) is 5.41 Å². The minimum absolute atomic E-state index is 0.0640. The normalized spacial score (nSPS) is 13.9. The number of ketones is 1. The Morgan fingerprint density at radius 3 is 2.09 bits per heavy atom. The molecular formula is C37H44N4O4. The highest BCUT2D eigenvalue weighted by atomic mass is 16.3. The number of nitrogens with zero attached hydrogens (tertiary/aromatic N) is 3. The van der Waals surface area contributed by atoms with Gasteiger partial charge in [-0.3, -0.25) is 14.2 Å². The molecule has 1 heterocycles. The molecule has 236 valence electrons. The van der Waals surface area contributed by atoms with Gasteiger partial charge in [-0.15, -0.1) is 0 Å². The van der Waals surface area contributed by atoms with Gasteiger partial charge in [0.15, 0.2) is 11.9 Å². The minimum Gasteiger partial charge on any atom is -0.378 e. The van der Waals surface area contributed by atoms with Gasteiger partial charge in [0.05, 0.1) is 6.54 Å². The quantitative estimate of drug-likeness (QED) is 0.184. The van der Waals surface area contributed by atoms with Gasteiger partial charge in [0.25, 0.3) is 5.91 Å². The van der Waals surface area contributed by atoms with Gasteiger partial charge < -0.3 is 10.4 Å². The van der Waals surface area contributed by atoms with Crippen molar-refractivity contribution in [3.8, 4) is 11.1 Å². The third-order valence-corrected chi connectivity index (χ3v) is 8.17. The van der Waals surface area contributed by atoms with Crippen LogP contribution in [0.1, 0.15) is 92.4 Å². The van der Waals surface area contributed by atoms with Crippen LogP contribution >= 0.6 is 0 Å². The second-order valence-electron chi connectivity index (χ2n) is 13.3. The molecule has 0 spiro atoms. The first-order valence-electron chi connectivity index (χ1n) is 16.0. The molecule has 2 N–H and O–H groups in total. The zero-order valence-electron chi connectivity index (χ0n) is 26.8. The number of hydrogen-bond acceptors (Lipinski definition) is 5. The Labute approximate surface area is 265 Å². The highest BCUT2D eigenvalue weighted by molar-refractivity contribution is 5.96. The summed E-state index contributed by atoms with van der Waals surface area (Å²) >= 11 is 0. The lowest BCUT2D eigenvalue weighted by Crippen LogP contribution is -2.30. The molecule has 1 unspecified atom stereocenters. The zero-order valence-corrected chi connectivity index (χ0v) is 26.8. The lowest BCUT2D eigenvalue weighted by Gasteiger charge is -2.16. The SMILES string of the molecule is CCn1c(CCCc2ccc(-c3ccc(C(O)C(=O)NC4CC4)cc3)cc2)nn(Cc2ccc(C(=O)CC(C)(C)C)cc2)c1=O. The molecule has 45 heavy (non-hydrogen) atoms. The monoisotopic (exact) mass is 608 g/mol. The highest BCUT2D eigenvalue weighted by Gasteiger charge is 2.27. The molecule has 3 aromatic carbocycles. The van der Waals surface area contributed by atoms with Crippen LogP contribution in [0.5, 0.6) is 0 Å². The Morgan fingerprint density at radius 2 is 1.51 bits per heavy atom. The third kappa shape index (κ3) is 8.45. The average Bonchev–Trinajstić information content (AvgIpc) is 3.79. The van der Waals surface area contributed by atoms with Crippen molar-refractivity contribution >= 4 is 11.7 Å². The summed E-state index contributed by atoms with van der Waals surface area (Å²) < 4.78 is 3.25. The van der Waals surface area contributed by atoms with Gasteiger partial charge in [0.2, 0.25) is 0 Å². The Morgan fingerprint density at radius 1 is 0.911 bits per heavy atom. The summed E-state index contributed by atoms with van der Waals surface area (Å²) in [5.74, 6) is 0.566. The van der Waals surface area contributed by atoms with Crippen LogP contribution in [0.15, 0.2) is 77.6 Å². The molecule has 0 aliphatic heterocycles. The van der Waals surface area contributed by atoms with Crippen LogP contribution in [0.4, 0.5) is 0 Å². The average molecular weight is 609 g/mol. The number of benzene rings is 3. The van der Waals surface area contributed by atoms with Crippen molar-refractivity contribution in [2.75, 3.05) is 0 Å². The number of aryl methyl sites for hydroxylation is 2. The molecule has 1 aromatic heterocycles.